The fourth-order valence-electron chi connectivity index (χ4n) is 3.26. The maximum atomic E-state index is 13.4. The monoisotopic (exact) mass is 473 g/mol. The topological polar surface area (TPSA) is 88.6 Å². The molecule has 0 spiro atoms. The van der Waals surface area contributed by atoms with Crippen LogP contribution in [-0.4, -0.2) is 29.4 Å². The van der Waals surface area contributed by atoms with Crippen molar-refractivity contribution in [2.75, 3.05) is 16.8 Å². The van der Waals surface area contributed by atoms with E-state index in [0.717, 1.165) is 21.8 Å². The number of ether oxygens (including phenoxy) is 1. The first-order chi connectivity index (χ1) is 16.5. The highest BCUT2D eigenvalue weighted by Crippen LogP contribution is 2.37. The van der Waals surface area contributed by atoms with Crippen LogP contribution in [0.5, 0.6) is 0 Å². The van der Waals surface area contributed by atoms with E-state index in [1.54, 1.807) is 48.7 Å². The summed E-state index contributed by atoms with van der Waals surface area (Å²) in [7, 11) is 0. The molecule has 1 N–H and O–H groups in total. The normalized spacial score (nSPS) is 13.4. The van der Waals surface area contributed by atoms with E-state index in [1.165, 1.54) is 11.8 Å². The first-order valence-corrected chi connectivity index (χ1v) is 11.6. The molecular weight excluding hydrogens is 450 g/mol. The van der Waals surface area contributed by atoms with E-state index >= 15 is 0 Å². The summed E-state index contributed by atoms with van der Waals surface area (Å²) in [6, 6.07) is 19.2. The van der Waals surface area contributed by atoms with Crippen LogP contribution in [0.1, 0.15) is 29.3 Å². The van der Waals surface area contributed by atoms with E-state index in [-0.39, 0.29) is 10.6 Å². The molecule has 0 unspecified atom stereocenters. The molecule has 2 aromatic carbocycles. The average Bonchev–Trinajstić information content (AvgIpc) is 3.08. The van der Waals surface area contributed by atoms with Gasteiger partial charge in [0.2, 0.25) is 0 Å². The molecule has 2 heterocycles. The number of aryl methyl sites for hydroxylation is 1. The maximum Gasteiger partial charge on any atom is 0.338 e. The molecule has 0 bridgehead atoms. The van der Waals surface area contributed by atoms with Gasteiger partial charge in [0.15, 0.2) is 0 Å². The Labute approximate surface area is 201 Å². The fourth-order valence-corrected chi connectivity index (χ4v) is 4.19. The van der Waals surface area contributed by atoms with Gasteiger partial charge in [0.25, 0.3) is 11.8 Å². The minimum Gasteiger partial charge on any atom is -0.462 e. The van der Waals surface area contributed by atoms with Gasteiger partial charge in [0.05, 0.1) is 17.9 Å². The molecule has 0 aliphatic carbocycles. The molecule has 1 aliphatic rings. The van der Waals surface area contributed by atoms with Gasteiger partial charge < -0.3 is 10.1 Å². The third-order valence-corrected chi connectivity index (χ3v) is 6.09. The molecule has 1 aromatic heterocycles. The zero-order valence-electron chi connectivity index (χ0n) is 18.8. The summed E-state index contributed by atoms with van der Waals surface area (Å²) < 4.78 is 5.15. The average molecular weight is 474 g/mol. The number of carbonyl (C=O) groups excluding carboxylic acids is 3. The lowest BCUT2D eigenvalue weighted by Gasteiger charge is -2.15. The molecular formula is C26H23N3O4S. The highest BCUT2D eigenvalue weighted by Gasteiger charge is 2.40. The lowest BCUT2D eigenvalue weighted by molar-refractivity contribution is -0.120. The number of hydrogen-bond acceptors (Lipinski definition) is 7. The van der Waals surface area contributed by atoms with E-state index in [0.29, 0.717) is 23.7 Å². The van der Waals surface area contributed by atoms with Gasteiger partial charge in [0.1, 0.15) is 16.4 Å². The molecule has 7 nitrogen and oxygen atoms in total. The largest absolute Gasteiger partial charge is 0.462 e. The summed E-state index contributed by atoms with van der Waals surface area (Å²) in [4.78, 5) is 45.3. The zero-order valence-corrected chi connectivity index (χ0v) is 19.6. The van der Waals surface area contributed by atoms with Crippen LogP contribution < -0.4 is 10.2 Å². The third-order valence-electron chi connectivity index (χ3n) is 5.00. The zero-order chi connectivity index (χ0) is 24.1. The van der Waals surface area contributed by atoms with Gasteiger partial charge in [-0.05, 0) is 61.9 Å². The number of carbonyl (C=O) groups is 3. The number of benzene rings is 2. The lowest BCUT2D eigenvalue weighted by atomic mass is 10.2. The van der Waals surface area contributed by atoms with Crippen molar-refractivity contribution in [1.29, 1.82) is 0 Å². The summed E-state index contributed by atoms with van der Waals surface area (Å²) in [5, 5.41) is 3.02. The molecule has 0 fully saturated rings. The predicted octanol–water partition coefficient (Wildman–Crippen LogP) is 4.95. The second-order valence-corrected chi connectivity index (χ2v) is 8.67. The number of nitrogens with zero attached hydrogens (tertiary/aromatic N) is 2. The van der Waals surface area contributed by atoms with Crippen LogP contribution >= 0.6 is 11.8 Å². The van der Waals surface area contributed by atoms with Gasteiger partial charge >= 0.3 is 5.97 Å². The Balaban J connectivity index is 1.64. The van der Waals surface area contributed by atoms with E-state index in [4.69, 9.17) is 4.74 Å². The van der Waals surface area contributed by atoms with Crippen LogP contribution in [0.25, 0.3) is 0 Å². The number of anilines is 2. The number of aromatic nitrogens is 1. The minimum absolute atomic E-state index is 0.153. The van der Waals surface area contributed by atoms with Crippen molar-refractivity contribution in [1.82, 2.24) is 4.98 Å². The molecule has 2 amide bonds. The number of imide groups is 1. The number of pyridine rings is 1. The Hall–Kier alpha value is -3.91. The van der Waals surface area contributed by atoms with E-state index < -0.39 is 17.8 Å². The fraction of sp³-hybridized carbons (Fsp3) is 0.154. The molecule has 1 aliphatic heterocycles. The molecule has 34 heavy (non-hydrogen) atoms. The molecule has 172 valence electrons. The molecule has 0 atom stereocenters. The number of nitrogens with one attached hydrogen (secondary N) is 1. The van der Waals surface area contributed by atoms with Gasteiger partial charge in [-0.15, -0.1) is 0 Å². The Bertz CT molecular complexity index is 1240. The van der Waals surface area contributed by atoms with Gasteiger partial charge in [-0.1, -0.05) is 42.4 Å². The highest BCUT2D eigenvalue weighted by molar-refractivity contribution is 8.04. The van der Waals surface area contributed by atoms with Crippen LogP contribution in [-0.2, 0) is 14.3 Å². The quantitative estimate of drug-likeness (QED) is 0.366. The van der Waals surface area contributed by atoms with Crippen molar-refractivity contribution >= 4 is 41.1 Å². The van der Waals surface area contributed by atoms with Crippen LogP contribution in [0.3, 0.4) is 0 Å². The maximum absolute atomic E-state index is 13.4. The summed E-state index contributed by atoms with van der Waals surface area (Å²) in [6.07, 6.45) is 2.32. The Kier molecular flexibility index (Phi) is 7.08. The first kappa shape index (κ1) is 23.3. The molecule has 4 rings (SSSR count). The Morgan fingerprint density at radius 2 is 1.74 bits per heavy atom. The standard InChI is InChI=1S/C26H23N3O4S/c1-3-16-33-26(32)18-9-11-19(12-10-18)29-24(30)22(28-21-6-4-5-15-27-21)23(25(29)31)34-20-13-7-17(2)8-14-20/h4-15H,3,16H2,1-2H3,(H,27,28). The summed E-state index contributed by atoms with van der Waals surface area (Å²) in [6.45, 7) is 4.22. The number of esters is 1. The number of thioether (sulfide) groups is 1. The van der Waals surface area contributed by atoms with Crippen molar-refractivity contribution in [2.24, 2.45) is 0 Å². The number of rotatable bonds is 8. The van der Waals surface area contributed by atoms with E-state index in [2.05, 4.69) is 10.3 Å². The SMILES string of the molecule is CCCOC(=O)c1ccc(N2C(=O)C(Nc3ccccn3)=C(Sc3ccc(C)cc3)C2=O)cc1. The molecule has 0 saturated heterocycles. The predicted molar refractivity (Wildman–Crippen MR) is 131 cm³/mol. The minimum atomic E-state index is -0.494. The number of amides is 2. The smallest absolute Gasteiger partial charge is 0.338 e. The van der Waals surface area contributed by atoms with Crippen LogP contribution in [0.15, 0.2) is 88.4 Å². The molecule has 3 aromatic rings. The molecule has 0 radical (unpaired) electrons. The van der Waals surface area contributed by atoms with Crippen LogP contribution in [0, 0.1) is 6.92 Å². The van der Waals surface area contributed by atoms with Crippen molar-refractivity contribution in [2.45, 2.75) is 25.2 Å². The Morgan fingerprint density at radius 3 is 2.38 bits per heavy atom. The molecule has 0 saturated carbocycles. The second kappa shape index (κ2) is 10.4. The van der Waals surface area contributed by atoms with Crippen LogP contribution in [0.4, 0.5) is 11.5 Å². The van der Waals surface area contributed by atoms with Gasteiger partial charge in [-0.3, -0.25) is 9.59 Å². The van der Waals surface area contributed by atoms with Crippen molar-refractivity contribution < 1.29 is 19.1 Å². The Morgan fingerprint density at radius 1 is 1.00 bits per heavy atom. The summed E-state index contributed by atoms with van der Waals surface area (Å²) >= 11 is 1.22. The van der Waals surface area contributed by atoms with Gasteiger partial charge in [-0.2, -0.15) is 0 Å². The lowest BCUT2D eigenvalue weighted by Crippen LogP contribution is -2.32. The summed E-state index contributed by atoms with van der Waals surface area (Å²) in [5.74, 6) is -0.933. The van der Waals surface area contributed by atoms with E-state index in [1.807, 2.05) is 38.1 Å². The second-order valence-electron chi connectivity index (χ2n) is 7.59. The van der Waals surface area contributed by atoms with E-state index in [9.17, 15) is 14.4 Å². The van der Waals surface area contributed by atoms with Crippen LogP contribution in [0.2, 0.25) is 0 Å². The first-order valence-electron chi connectivity index (χ1n) is 10.8. The molecule has 8 heteroatoms. The third kappa shape index (κ3) is 5.02. The van der Waals surface area contributed by atoms with Crippen molar-refractivity contribution in [3.63, 3.8) is 0 Å². The van der Waals surface area contributed by atoms with Gasteiger partial charge in [-0.25, -0.2) is 14.7 Å². The highest BCUT2D eigenvalue weighted by atomic mass is 32.2. The van der Waals surface area contributed by atoms with Gasteiger partial charge in [0, 0.05) is 11.1 Å². The van der Waals surface area contributed by atoms with Crippen molar-refractivity contribution in [3.8, 4) is 0 Å². The number of hydrogen-bond donors (Lipinski definition) is 1. The van der Waals surface area contributed by atoms with Crippen molar-refractivity contribution in [3.05, 3.63) is 94.7 Å². The summed E-state index contributed by atoms with van der Waals surface area (Å²) in [5.41, 5.74) is 1.96.